The summed E-state index contributed by atoms with van der Waals surface area (Å²) >= 11 is 0. The van der Waals surface area contributed by atoms with E-state index in [0.29, 0.717) is 6.42 Å². The van der Waals surface area contributed by atoms with E-state index in [9.17, 15) is 4.79 Å². The zero-order valence-corrected chi connectivity index (χ0v) is 14.7. The van der Waals surface area contributed by atoms with Crippen molar-refractivity contribution >= 4 is 13.2 Å². The van der Waals surface area contributed by atoms with Crippen LogP contribution in [0.5, 0.6) is 0 Å². The molecule has 0 aliphatic heterocycles. The van der Waals surface area contributed by atoms with Crippen molar-refractivity contribution in [2.24, 2.45) is 5.92 Å². The predicted octanol–water partition coefficient (Wildman–Crippen LogP) is 3.06. The van der Waals surface area contributed by atoms with Gasteiger partial charge in [-0.2, -0.15) is 0 Å². The van der Waals surface area contributed by atoms with E-state index >= 15 is 0 Å². The minimum Gasteiger partial charge on any atom is -0.444 e. The zero-order valence-electron chi connectivity index (χ0n) is 14.7. The van der Waals surface area contributed by atoms with Crippen molar-refractivity contribution in [3.05, 3.63) is 35.4 Å². The third-order valence-corrected chi connectivity index (χ3v) is 3.56. The lowest BCUT2D eigenvalue weighted by Crippen LogP contribution is -2.37. The van der Waals surface area contributed by atoms with Crippen LogP contribution in [0, 0.1) is 12.8 Å². The number of nitrogens with one attached hydrogen (secondary N) is 1. The minimum atomic E-state index is -1.34. The van der Waals surface area contributed by atoms with Gasteiger partial charge in [-0.25, -0.2) is 4.79 Å². The van der Waals surface area contributed by atoms with Gasteiger partial charge in [-0.3, -0.25) is 0 Å². The van der Waals surface area contributed by atoms with E-state index in [4.69, 9.17) is 14.8 Å². The van der Waals surface area contributed by atoms with Crippen LogP contribution in [0.1, 0.15) is 51.3 Å². The molecule has 128 valence electrons. The molecule has 0 bridgehead atoms. The van der Waals surface area contributed by atoms with Crippen LogP contribution in [0.25, 0.3) is 0 Å². The van der Waals surface area contributed by atoms with Crippen molar-refractivity contribution in [1.82, 2.24) is 5.32 Å². The smallest absolute Gasteiger partial charge is 0.444 e. The molecular formula is C17H28BNO4. The van der Waals surface area contributed by atoms with Crippen LogP contribution < -0.4 is 5.32 Å². The van der Waals surface area contributed by atoms with Crippen LogP contribution in [-0.4, -0.2) is 28.9 Å². The highest BCUT2D eigenvalue weighted by molar-refractivity contribution is 6.40. The molecule has 1 aromatic rings. The largest absolute Gasteiger partial charge is 0.451 e. The zero-order chi connectivity index (χ0) is 17.6. The molecule has 0 saturated heterocycles. The van der Waals surface area contributed by atoms with Crippen molar-refractivity contribution in [3.8, 4) is 0 Å². The molecule has 0 spiro atoms. The molecule has 0 fully saturated rings. The normalized spacial score (nSPS) is 14.0. The van der Waals surface area contributed by atoms with Gasteiger partial charge in [0.2, 0.25) is 0 Å². The summed E-state index contributed by atoms with van der Waals surface area (Å²) in [5.41, 5.74) is 1.55. The van der Waals surface area contributed by atoms with Crippen LogP contribution in [0.3, 0.4) is 0 Å². The lowest BCUT2D eigenvalue weighted by molar-refractivity contribution is 0.0486. The van der Waals surface area contributed by atoms with Gasteiger partial charge in [-0.15, -0.1) is 0 Å². The van der Waals surface area contributed by atoms with Gasteiger partial charge < -0.3 is 20.1 Å². The maximum atomic E-state index is 12.1. The summed E-state index contributed by atoms with van der Waals surface area (Å²) in [4.78, 5) is 12.1. The monoisotopic (exact) mass is 321 g/mol. The molecule has 0 radical (unpaired) electrons. The molecule has 0 aliphatic rings. The maximum Gasteiger partial charge on any atom is 0.451 e. The van der Waals surface area contributed by atoms with Crippen molar-refractivity contribution in [3.63, 3.8) is 0 Å². The van der Waals surface area contributed by atoms with Crippen molar-refractivity contribution < 1.29 is 19.6 Å². The van der Waals surface area contributed by atoms with E-state index in [1.54, 1.807) is 0 Å². The van der Waals surface area contributed by atoms with E-state index in [0.717, 1.165) is 11.1 Å². The number of carbonyl (C=O) groups is 1. The van der Waals surface area contributed by atoms with E-state index in [-0.39, 0.29) is 18.3 Å². The number of hydrogen-bond donors (Lipinski definition) is 3. The molecule has 0 aliphatic carbocycles. The average Bonchev–Trinajstić information content (AvgIpc) is 2.41. The molecule has 0 unspecified atom stereocenters. The van der Waals surface area contributed by atoms with Crippen LogP contribution in [0.4, 0.5) is 4.79 Å². The number of hydrogen-bond acceptors (Lipinski definition) is 4. The summed E-state index contributed by atoms with van der Waals surface area (Å²) < 4.78 is 5.34. The SMILES string of the molecule is Cc1ccc([C@@H](NC(=O)OC(C)(C)C)[C@@H](C)CCB(O)O)cc1. The summed E-state index contributed by atoms with van der Waals surface area (Å²) in [7, 11) is -1.34. The third kappa shape index (κ3) is 7.52. The molecule has 5 nitrogen and oxygen atoms in total. The summed E-state index contributed by atoms with van der Waals surface area (Å²) in [5.74, 6) is 0.0343. The summed E-state index contributed by atoms with van der Waals surface area (Å²) in [6.45, 7) is 9.44. The molecule has 1 amide bonds. The van der Waals surface area contributed by atoms with Crippen LogP contribution >= 0.6 is 0 Å². The van der Waals surface area contributed by atoms with Gasteiger partial charge >= 0.3 is 13.2 Å². The van der Waals surface area contributed by atoms with Crippen LogP contribution in [-0.2, 0) is 4.74 Å². The molecule has 6 heteroatoms. The molecule has 0 heterocycles. The van der Waals surface area contributed by atoms with E-state index in [2.05, 4.69) is 5.32 Å². The minimum absolute atomic E-state index is 0.0343. The molecule has 0 saturated carbocycles. The fraction of sp³-hybridized carbons (Fsp3) is 0.588. The van der Waals surface area contributed by atoms with E-state index in [1.165, 1.54) is 0 Å². The highest BCUT2D eigenvalue weighted by Gasteiger charge is 2.25. The Bertz CT molecular complexity index is 496. The average molecular weight is 321 g/mol. The first-order valence-electron chi connectivity index (χ1n) is 8.00. The Kier molecular flexibility index (Phi) is 7.10. The van der Waals surface area contributed by atoms with Gasteiger partial charge in [0.1, 0.15) is 5.60 Å². The van der Waals surface area contributed by atoms with Gasteiger partial charge in [-0.05, 0) is 51.9 Å². The fourth-order valence-corrected chi connectivity index (χ4v) is 2.34. The number of ether oxygens (including phenoxy) is 1. The Balaban J connectivity index is 2.87. The Morgan fingerprint density at radius 3 is 2.30 bits per heavy atom. The van der Waals surface area contributed by atoms with Gasteiger partial charge in [0, 0.05) is 0 Å². The van der Waals surface area contributed by atoms with Gasteiger partial charge in [0.15, 0.2) is 0 Å². The molecule has 1 aromatic carbocycles. The lowest BCUT2D eigenvalue weighted by Gasteiger charge is -2.28. The highest BCUT2D eigenvalue weighted by atomic mass is 16.6. The molecule has 0 aromatic heterocycles. The van der Waals surface area contributed by atoms with Crippen molar-refractivity contribution in [1.29, 1.82) is 0 Å². The molecule has 3 N–H and O–H groups in total. The third-order valence-electron chi connectivity index (χ3n) is 3.56. The van der Waals surface area contributed by atoms with Gasteiger partial charge in [0.25, 0.3) is 0 Å². The number of amides is 1. The van der Waals surface area contributed by atoms with E-state index < -0.39 is 18.8 Å². The maximum absolute atomic E-state index is 12.1. The standard InChI is InChI=1S/C17H28BNO4/c1-12-6-8-14(9-7-12)15(13(2)10-11-18(21)22)19-16(20)23-17(3,4)5/h6-9,13,15,21-22H,10-11H2,1-5H3,(H,19,20)/t13-,15-/m0/s1. The Morgan fingerprint density at radius 2 is 1.83 bits per heavy atom. The van der Waals surface area contributed by atoms with Gasteiger partial charge in [-0.1, -0.05) is 36.8 Å². The number of carbonyl (C=O) groups excluding carboxylic acids is 1. The molecule has 2 atom stereocenters. The summed E-state index contributed by atoms with van der Waals surface area (Å²) in [6.07, 6.45) is 0.366. The van der Waals surface area contributed by atoms with E-state index in [1.807, 2.05) is 58.9 Å². The number of benzene rings is 1. The predicted molar refractivity (Wildman–Crippen MR) is 92.1 cm³/mol. The van der Waals surface area contributed by atoms with Gasteiger partial charge in [0.05, 0.1) is 6.04 Å². The van der Waals surface area contributed by atoms with Crippen molar-refractivity contribution in [2.75, 3.05) is 0 Å². The first-order chi connectivity index (χ1) is 10.6. The summed E-state index contributed by atoms with van der Waals surface area (Å²) in [6, 6.07) is 7.69. The molecule has 1 rings (SSSR count). The quantitative estimate of drug-likeness (QED) is 0.704. The summed E-state index contributed by atoms with van der Waals surface area (Å²) in [5, 5.41) is 21.0. The fourth-order valence-electron chi connectivity index (χ4n) is 2.34. The second kappa shape index (κ2) is 8.36. The number of rotatable bonds is 6. The second-order valence-electron chi connectivity index (χ2n) is 7.07. The second-order valence-corrected chi connectivity index (χ2v) is 7.07. The number of aryl methyl sites for hydroxylation is 1. The Labute approximate surface area is 139 Å². The Hall–Kier alpha value is -1.53. The Morgan fingerprint density at radius 1 is 1.26 bits per heavy atom. The topological polar surface area (TPSA) is 78.8 Å². The number of alkyl carbamates (subject to hydrolysis) is 1. The first kappa shape index (κ1) is 19.5. The highest BCUT2D eigenvalue weighted by Crippen LogP contribution is 2.27. The lowest BCUT2D eigenvalue weighted by atomic mass is 9.78. The van der Waals surface area contributed by atoms with Crippen LogP contribution in [0.2, 0.25) is 6.32 Å². The van der Waals surface area contributed by atoms with Crippen molar-refractivity contribution in [2.45, 2.75) is 59.0 Å². The first-order valence-corrected chi connectivity index (χ1v) is 8.00. The molecular weight excluding hydrogens is 293 g/mol. The van der Waals surface area contributed by atoms with Crippen LogP contribution in [0.15, 0.2) is 24.3 Å². The molecule has 23 heavy (non-hydrogen) atoms.